The van der Waals surface area contributed by atoms with Crippen LogP contribution in [-0.4, -0.2) is 26.3 Å². The number of benzene rings is 2. The molecule has 0 spiro atoms. The van der Waals surface area contributed by atoms with Gasteiger partial charge >= 0.3 is 0 Å². The van der Waals surface area contributed by atoms with Gasteiger partial charge in [0.05, 0.1) is 16.5 Å². The first-order valence-electron chi connectivity index (χ1n) is 7.54. The molecule has 5 nitrogen and oxygen atoms in total. The Hall–Kier alpha value is -2.81. The third-order valence-corrected chi connectivity index (χ3v) is 4.40. The third-order valence-electron chi connectivity index (χ3n) is 3.43. The average molecular weight is 378 g/mol. The van der Waals surface area contributed by atoms with Crippen molar-refractivity contribution in [2.75, 3.05) is 5.32 Å². The molecular formula is C17H13F3N4OS. The summed E-state index contributed by atoms with van der Waals surface area (Å²) in [6, 6.07) is 8.96. The number of aromatic amines is 1. The van der Waals surface area contributed by atoms with E-state index in [9.17, 15) is 18.0 Å². The van der Waals surface area contributed by atoms with E-state index in [2.05, 4.69) is 20.5 Å². The maximum absolute atomic E-state index is 13.8. The molecule has 1 aromatic heterocycles. The molecule has 0 aliphatic carbocycles. The van der Waals surface area contributed by atoms with Gasteiger partial charge in [-0.3, -0.25) is 9.89 Å². The Kier molecular flexibility index (Phi) is 5.27. The number of aromatic nitrogens is 3. The zero-order valence-corrected chi connectivity index (χ0v) is 14.3. The second kappa shape index (κ2) is 7.61. The number of carbonyl (C=O) groups is 1. The second-order valence-corrected chi connectivity index (χ2v) is 6.63. The van der Waals surface area contributed by atoms with E-state index in [1.54, 1.807) is 25.1 Å². The Morgan fingerprint density at radius 2 is 1.92 bits per heavy atom. The number of nitrogens with one attached hydrogen (secondary N) is 2. The average Bonchev–Trinajstić information content (AvgIpc) is 3.06. The van der Waals surface area contributed by atoms with Crippen LogP contribution in [-0.2, 0) is 4.79 Å². The van der Waals surface area contributed by atoms with Crippen molar-refractivity contribution in [2.24, 2.45) is 0 Å². The van der Waals surface area contributed by atoms with Crippen LogP contribution in [0.4, 0.5) is 18.9 Å². The maximum Gasteiger partial charge on any atom is 0.237 e. The van der Waals surface area contributed by atoms with Crippen molar-refractivity contribution in [1.82, 2.24) is 15.2 Å². The van der Waals surface area contributed by atoms with Gasteiger partial charge in [-0.05, 0) is 31.2 Å². The molecule has 0 radical (unpaired) electrons. The number of rotatable bonds is 5. The lowest BCUT2D eigenvalue weighted by atomic mass is 10.2. The molecule has 0 saturated carbocycles. The van der Waals surface area contributed by atoms with Crippen LogP contribution >= 0.6 is 11.8 Å². The van der Waals surface area contributed by atoms with Crippen molar-refractivity contribution in [1.29, 1.82) is 0 Å². The van der Waals surface area contributed by atoms with E-state index in [1.807, 2.05) is 0 Å². The quantitative estimate of drug-likeness (QED) is 0.658. The number of hydrogen-bond donors (Lipinski definition) is 2. The van der Waals surface area contributed by atoms with Gasteiger partial charge in [-0.15, -0.1) is 5.10 Å². The predicted molar refractivity (Wildman–Crippen MR) is 92.1 cm³/mol. The molecule has 2 N–H and O–H groups in total. The number of carbonyl (C=O) groups excluding carboxylic acids is 1. The normalized spacial score (nSPS) is 12.0. The first-order valence-corrected chi connectivity index (χ1v) is 8.42. The third kappa shape index (κ3) is 4.05. The molecule has 1 amide bonds. The first kappa shape index (κ1) is 18.0. The summed E-state index contributed by atoms with van der Waals surface area (Å²) in [6.45, 7) is 1.58. The molecule has 1 atom stereocenters. The number of amides is 1. The van der Waals surface area contributed by atoms with Crippen LogP contribution in [0.25, 0.3) is 11.4 Å². The lowest BCUT2D eigenvalue weighted by Crippen LogP contribution is -2.23. The molecule has 0 fully saturated rings. The van der Waals surface area contributed by atoms with Crippen LogP contribution in [0.3, 0.4) is 0 Å². The Labute approximate surface area is 151 Å². The Balaban J connectivity index is 1.67. The smallest absolute Gasteiger partial charge is 0.237 e. The molecule has 3 rings (SSSR count). The Bertz CT molecular complexity index is 947. The number of hydrogen-bond acceptors (Lipinski definition) is 4. The summed E-state index contributed by atoms with van der Waals surface area (Å²) < 4.78 is 40.3. The van der Waals surface area contributed by atoms with Gasteiger partial charge in [-0.1, -0.05) is 23.9 Å². The van der Waals surface area contributed by atoms with E-state index in [-0.39, 0.29) is 22.2 Å². The summed E-state index contributed by atoms with van der Waals surface area (Å²) in [6.07, 6.45) is 0. The number of thioether (sulfide) groups is 1. The van der Waals surface area contributed by atoms with Crippen LogP contribution in [0.5, 0.6) is 0 Å². The highest BCUT2D eigenvalue weighted by Crippen LogP contribution is 2.25. The van der Waals surface area contributed by atoms with Gasteiger partial charge in [0.25, 0.3) is 0 Å². The molecule has 0 aliphatic heterocycles. The van der Waals surface area contributed by atoms with Crippen LogP contribution < -0.4 is 5.32 Å². The van der Waals surface area contributed by atoms with Crippen LogP contribution in [0.15, 0.2) is 47.6 Å². The maximum atomic E-state index is 13.8. The van der Waals surface area contributed by atoms with Crippen molar-refractivity contribution in [3.8, 4) is 11.4 Å². The summed E-state index contributed by atoms with van der Waals surface area (Å²) in [5, 5.41) is 8.52. The van der Waals surface area contributed by atoms with E-state index in [0.29, 0.717) is 6.07 Å². The molecular weight excluding hydrogens is 365 g/mol. The van der Waals surface area contributed by atoms with Gasteiger partial charge in [-0.25, -0.2) is 18.2 Å². The predicted octanol–water partition coefficient (Wildman–Crippen LogP) is 4.01. The minimum atomic E-state index is -0.865. The lowest BCUT2D eigenvalue weighted by Gasteiger charge is -2.10. The Morgan fingerprint density at radius 3 is 2.65 bits per heavy atom. The molecule has 26 heavy (non-hydrogen) atoms. The SMILES string of the molecule is C[C@@H](Sc1n[nH]c(-c2ccccc2F)n1)C(=O)Nc1ccc(F)cc1F. The molecule has 134 valence electrons. The van der Waals surface area contributed by atoms with Gasteiger partial charge < -0.3 is 5.32 Å². The highest BCUT2D eigenvalue weighted by atomic mass is 32.2. The number of anilines is 1. The van der Waals surface area contributed by atoms with Crippen LogP contribution in [0.1, 0.15) is 6.92 Å². The summed E-state index contributed by atoms with van der Waals surface area (Å²) in [5.74, 6) is -2.31. The molecule has 9 heteroatoms. The van der Waals surface area contributed by atoms with Gasteiger partial charge in [0.1, 0.15) is 17.5 Å². The van der Waals surface area contributed by atoms with Crippen LogP contribution in [0.2, 0.25) is 0 Å². The molecule has 0 aliphatic rings. The van der Waals surface area contributed by atoms with Crippen molar-refractivity contribution in [3.63, 3.8) is 0 Å². The zero-order chi connectivity index (χ0) is 18.7. The van der Waals surface area contributed by atoms with Crippen molar-refractivity contribution in [2.45, 2.75) is 17.3 Å². The molecule has 1 heterocycles. The summed E-state index contributed by atoms with van der Waals surface area (Å²) in [4.78, 5) is 16.3. The minimum Gasteiger partial charge on any atom is -0.323 e. The van der Waals surface area contributed by atoms with E-state index < -0.39 is 28.6 Å². The lowest BCUT2D eigenvalue weighted by molar-refractivity contribution is -0.115. The summed E-state index contributed by atoms with van der Waals surface area (Å²) >= 11 is 1.02. The van der Waals surface area contributed by atoms with Gasteiger partial charge in [0, 0.05) is 6.07 Å². The van der Waals surface area contributed by atoms with Gasteiger partial charge in [0.15, 0.2) is 5.82 Å². The summed E-state index contributed by atoms with van der Waals surface area (Å²) in [5.41, 5.74) is 0.142. The first-order chi connectivity index (χ1) is 12.4. The Morgan fingerprint density at radius 1 is 1.15 bits per heavy atom. The fraction of sp³-hybridized carbons (Fsp3) is 0.118. The fourth-order valence-electron chi connectivity index (χ4n) is 2.11. The second-order valence-electron chi connectivity index (χ2n) is 5.32. The van der Waals surface area contributed by atoms with Crippen molar-refractivity contribution < 1.29 is 18.0 Å². The van der Waals surface area contributed by atoms with E-state index in [0.717, 1.165) is 23.9 Å². The highest BCUT2D eigenvalue weighted by molar-refractivity contribution is 8.00. The fourth-order valence-corrected chi connectivity index (χ4v) is 2.83. The topological polar surface area (TPSA) is 70.7 Å². The van der Waals surface area contributed by atoms with E-state index >= 15 is 0 Å². The standard InChI is InChI=1S/C17H13F3N4OS/c1-9(16(25)21-14-7-6-10(18)8-13(14)20)26-17-22-15(23-24-17)11-4-2-3-5-12(11)19/h2-9H,1H3,(H,21,25)(H,22,23,24)/t9-/m1/s1. The van der Waals surface area contributed by atoms with Crippen molar-refractivity contribution >= 4 is 23.4 Å². The molecule has 2 aromatic carbocycles. The summed E-state index contributed by atoms with van der Waals surface area (Å²) in [7, 11) is 0. The van der Waals surface area contributed by atoms with Crippen molar-refractivity contribution in [3.05, 3.63) is 59.9 Å². The number of nitrogens with zero attached hydrogens (tertiary/aromatic N) is 2. The van der Waals surface area contributed by atoms with E-state index in [4.69, 9.17) is 0 Å². The molecule has 0 saturated heterocycles. The zero-order valence-electron chi connectivity index (χ0n) is 13.5. The van der Waals surface area contributed by atoms with Crippen LogP contribution in [0, 0.1) is 17.5 Å². The number of H-pyrrole nitrogens is 1. The van der Waals surface area contributed by atoms with E-state index in [1.165, 1.54) is 6.07 Å². The molecule has 0 bridgehead atoms. The molecule has 3 aromatic rings. The largest absolute Gasteiger partial charge is 0.323 e. The van der Waals surface area contributed by atoms with Gasteiger partial charge in [-0.2, -0.15) is 0 Å². The minimum absolute atomic E-state index is 0.120. The molecule has 0 unspecified atom stereocenters. The number of halogens is 3. The van der Waals surface area contributed by atoms with Gasteiger partial charge in [0.2, 0.25) is 11.1 Å². The highest BCUT2D eigenvalue weighted by Gasteiger charge is 2.19. The monoisotopic (exact) mass is 378 g/mol.